The third-order valence-corrected chi connectivity index (χ3v) is 4.35. The third kappa shape index (κ3) is 3.55. The van der Waals surface area contributed by atoms with E-state index in [0.29, 0.717) is 11.0 Å². The fourth-order valence-corrected chi connectivity index (χ4v) is 2.97. The normalized spacial score (nSPS) is 10.8. The van der Waals surface area contributed by atoms with Crippen LogP contribution in [-0.2, 0) is 6.42 Å². The van der Waals surface area contributed by atoms with Crippen molar-refractivity contribution in [3.8, 4) is 5.75 Å². The predicted octanol–water partition coefficient (Wildman–Crippen LogP) is 4.74. The Hall–Kier alpha value is -3.73. The Kier molecular flexibility index (Phi) is 4.72. The van der Waals surface area contributed by atoms with Crippen molar-refractivity contribution in [3.63, 3.8) is 0 Å². The minimum absolute atomic E-state index is 0.157. The quantitative estimate of drug-likeness (QED) is 0.382. The van der Waals surface area contributed by atoms with Gasteiger partial charge in [0.1, 0.15) is 11.4 Å². The maximum Gasteiger partial charge on any atom is 0.343 e. The molecular formula is C23H15FO4. The average Bonchev–Trinajstić information content (AvgIpc) is 2.71. The Morgan fingerprint density at radius 3 is 2.32 bits per heavy atom. The molecule has 3 aromatic carbocycles. The van der Waals surface area contributed by atoms with Crippen LogP contribution < -0.4 is 10.4 Å². The van der Waals surface area contributed by atoms with Crippen LogP contribution in [0.5, 0.6) is 5.75 Å². The van der Waals surface area contributed by atoms with Gasteiger partial charge in [-0.05, 0) is 42.0 Å². The summed E-state index contributed by atoms with van der Waals surface area (Å²) in [6, 6.07) is 21.2. The van der Waals surface area contributed by atoms with Crippen molar-refractivity contribution in [2.24, 2.45) is 0 Å². The van der Waals surface area contributed by atoms with Crippen LogP contribution in [0.15, 0.2) is 88.1 Å². The van der Waals surface area contributed by atoms with E-state index in [1.165, 1.54) is 24.3 Å². The summed E-state index contributed by atoms with van der Waals surface area (Å²) in [7, 11) is 0. The van der Waals surface area contributed by atoms with Crippen LogP contribution >= 0.6 is 0 Å². The zero-order valence-corrected chi connectivity index (χ0v) is 14.7. The molecule has 0 saturated heterocycles. The summed E-state index contributed by atoms with van der Waals surface area (Å²) >= 11 is 0. The summed E-state index contributed by atoms with van der Waals surface area (Å²) in [6.45, 7) is 0. The van der Waals surface area contributed by atoms with Crippen molar-refractivity contribution in [3.05, 3.63) is 112 Å². The number of esters is 1. The van der Waals surface area contributed by atoms with E-state index < -0.39 is 17.4 Å². The monoisotopic (exact) mass is 374 g/mol. The number of carbonyl (C=O) groups is 1. The van der Waals surface area contributed by atoms with Gasteiger partial charge in [-0.1, -0.05) is 42.5 Å². The van der Waals surface area contributed by atoms with Gasteiger partial charge in [0, 0.05) is 6.42 Å². The first-order valence-electron chi connectivity index (χ1n) is 8.68. The third-order valence-electron chi connectivity index (χ3n) is 4.35. The van der Waals surface area contributed by atoms with Crippen LogP contribution in [0.1, 0.15) is 21.5 Å². The molecule has 0 radical (unpaired) electrons. The first-order valence-corrected chi connectivity index (χ1v) is 8.68. The lowest BCUT2D eigenvalue weighted by atomic mass is 10.0. The SMILES string of the molecule is O=C(Oc1c(Cc2ccccc2)c(=O)oc2ccccc12)c1ccc(F)cc1. The van der Waals surface area contributed by atoms with Gasteiger partial charge in [0.05, 0.1) is 16.5 Å². The van der Waals surface area contributed by atoms with Gasteiger partial charge in [-0.15, -0.1) is 0 Å². The van der Waals surface area contributed by atoms with Gasteiger partial charge in [0.2, 0.25) is 0 Å². The van der Waals surface area contributed by atoms with Crippen molar-refractivity contribution < 1.29 is 18.3 Å². The highest BCUT2D eigenvalue weighted by atomic mass is 19.1. The molecule has 0 N–H and O–H groups in total. The second kappa shape index (κ2) is 7.48. The zero-order chi connectivity index (χ0) is 19.5. The first-order chi connectivity index (χ1) is 13.6. The lowest BCUT2D eigenvalue weighted by molar-refractivity contribution is 0.0735. The van der Waals surface area contributed by atoms with E-state index in [1.54, 1.807) is 24.3 Å². The Morgan fingerprint density at radius 1 is 0.893 bits per heavy atom. The number of carbonyl (C=O) groups excluding carboxylic acids is 1. The van der Waals surface area contributed by atoms with Crippen molar-refractivity contribution in [2.45, 2.75) is 6.42 Å². The minimum Gasteiger partial charge on any atom is -0.422 e. The maximum absolute atomic E-state index is 13.1. The summed E-state index contributed by atoms with van der Waals surface area (Å²) < 4.78 is 24.2. The molecule has 0 atom stereocenters. The van der Waals surface area contributed by atoms with E-state index in [0.717, 1.165) is 5.56 Å². The minimum atomic E-state index is -0.676. The van der Waals surface area contributed by atoms with Gasteiger partial charge in [0.25, 0.3) is 0 Å². The predicted molar refractivity (Wildman–Crippen MR) is 103 cm³/mol. The smallest absolute Gasteiger partial charge is 0.343 e. The van der Waals surface area contributed by atoms with E-state index >= 15 is 0 Å². The molecule has 0 bridgehead atoms. The molecule has 0 aliphatic carbocycles. The van der Waals surface area contributed by atoms with Crippen LogP contribution in [0, 0.1) is 5.82 Å². The Balaban J connectivity index is 1.82. The fraction of sp³-hybridized carbons (Fsp3) is 0.0435. The number of ether oxygens (including phenoxy) is 1. The zero-order valence-electron chi connectivity index (χ0n) is 14.7. The summed E-state index contributed by atoms with van der Waals surface area (Å²) in [5, 5.41) is 0.517. The summed E-state index contributed by atoms with van der Waals surface area (Å²) in [6.07, 6.45) is 0.250. The standard InChI is InChI=1S/C23H15FO4/c24-17-12-10-16(11-13-17)22(25)28-21-18-8-4-5-9-20(18)27-23(26)19(21)14-15-6-2-1-3-7-15/h1-13H,14H2. The fourth-order valence-electron chi connectivity index (χ4n) is 2.97. The molecule has 28 heavy (non-hydrogen) atoms. The highest BCUT2D eigenvalue weighted by Crippen LogP contribution is 2.30. The molecule has 0 unspecified atom stereocenters. The molecule has 0 aliphatic rings. The molecule has 4 rings (SSSR count). The molecule has 1 heterocycles. The largest absolute Gasteiger partial charge is 0.422 e. The van der Waals surface area contributed by atoms with Crippen LogP contribution in [0.3, 0.4) is 0 Å². The average molecular weight is 374 g/mol. The molecule has 0 amide bonds. The molecule has 4 nitrogen and oxygen atoms in total. The van der Waals surface area contributed by atoms with Gasteiger partial charge in [-0.3, -0.25) is 0 Å². The van der Waals surface area contributed by atoms with Crippen LogP contribution in [0.2, 0.25) is 0 Å². The molecule has 0 spiro atoms. The first kappa shape index (κ1) is 17.7. The molecule has 0 fully saturated rings. The number of hydrogen-bond acceptors (Lipinski definition) is 4. The Labute approximate surface area is 159 Å². The summed E-state index contributed by atoms with van der Waals surface area (Å²) in [5.74, 6) is -0.970. The number of rotatable bonds is 4. The Bertz CT molecular complexity index is 1190. The maximum atomic E-state index is 13.1. The van der Waals surface area contributed by atoms with E-state index in [-0.39, 0.29) is 23.3 Å². The molecule has 138 valence electrons. The number of fused-ring (bicyclic) bond motifs is 1. The van der Waals surface area contributed by atoms with E-state index in [1.807, 2.05) is 30.3 Å². The second-order valence-electron chi connectivity index (χ2n) is 6.25. The van der Waals surface area contributed by atoms with E-state index in [2.05, 4.69) is 0 Å². The van der Waals surface area contributed by atoms with Gasteiger partial charge < -0.3 is 9.15 Å². The molecule has 4 aromatic rings. The van der Waals surface area contributed by atoms with Crippen molar-refractivity contribution in [1.82, 2.24) is 0 Å². The van der Waals surface area contributed by atoms with E-state index in [9.17, 15) is 14.0 Å². The highest BCUT2D eigenvalue weighted by molar-refractivity contribution is 5.94. The highest BCUT2D eigenvalue weighted by Gasteiger charge is 2.20. The lowest BCUT2D eigenvalue weighted by Gasteiger charge is -2.12. The van der Waals surface area contributed by atoms with Crippen molar-refractivity contribution >= 4 is 16.9 Å². The van der Waals surface area contributed by atoms with Gasteiger partial charge >= 0.3 is 11.6 Å². The van der Waals surface area contributed by atoms with Crippen molar-refractivity contribution in [2.75, 3.05) is 0 Å². The number of para-hydroxylation sites is 1. The molecular weight excluding hydrogens is 359 g/mol. The van der Waals surface area contributed by atoms with Crippen LogP contribution in [0.25, 0.3) is 11.0 Å². The lowest BCUT2D eigenvalue weighted by Crippen LogP contribution is -2.16. The second-order valence-corrected chi connectivity index (χ2v) is 6.25. The Morgan fingerprint density at radius 2 is 1.57 bits per heavy atom. The van der Waals surface area contributed by atoms with Gasteiger partial charge in [-0.2, -0.15) is 0 Å². The van der Waals surface area contributed by atoms with Gasteiger partial charge in [-0.25, -0.2) is 14.0 Å². The summed E-state index contributed by atoms with van der Waals surface area (Å²) in [5.41, 5.74) is 1.07. The van der Waals surface area contributed by atoms with Crippen molar-refractivity contribution in [1.29, 1.82) is 0 Å². The van der Waals surface area contributed by atoms with Crippen LogP contribution in [0.4, 0.5) is 4.39 Å². The molecule has 1 aromatic heterocycles. The number of halogens is 1. The molecule has 0 aliphatic heterocycles. The van der Waals surface area contributed by atoms with E-state index in [4.69, 9.17) is 9.15 Å². The molecule has 5 heteroatoms. The topological polar surface area (TPSA) is 56.5 Å². The molecule has 0 saturated carbocycles. The number of hydrogen-bond donors (Lipinski definition) is 0. The van der Waals surface area contributed by atoms with Crippen LogP contribution in [-0.4, -0.2) is 5.97 Å². The van der Waals surface area contributed by atoms with Gasteiger partial charge in [0.15, 0.2) is 5.75 Å². The summed E-state index contributed by atoms with van der Waals surface area (Å²) in [4.78, 5) is 25.2. The number of benzene rings is 3.